The predicted molar refractivity (Wildman–Crippen MR) is 126 cm³/mol. The topological polar surface area (TPSA) is 55.8 Å². The van der Waals surface area contributed by atoms with Crippen LogP contribution in [0.3, 0.4) is 0 Å². The van der Waals surface area contributed by atoms with Crippen LogP contribution in [0.25, 0.3) is 5.57 Å². The number of nitrogens with zero attached hydrogens (tertiary/aromatic N) is 1. The first-order valence-corrected chi connectivity index (χ1v) is 11.3. The maximum atomic E-state index is 13.0. The number of ether oxygens (including phenoxy) is 2. The van der Waals surface area contributed by atoms with E-state index in [9.17, 15) is 9.59 Å². The van der Waals surface area contributed by atoms with Gasteiger partial charge in [-0.3, -0.25) is 4.90 Å². The third-order valence-corrected chi connectivity index (χ3v) is 6.56. The lowest BCUT2D eigenvalue weighted by Gasteiger charge is -2.34. The molecule has 6 heteroatoms. The Balaban J connectivity index is 1.60. The van der Waals surface area contributed by atoms with Gasteiger partial charge in [0.15, 0.2) is 0 Å². The second kappa shape index (κ2) is 9.83. The molecule has 164 valence electrons. The van der Waals surface area contributed by atoms with Gasteiger partial charge in [0.1, 0.15) is 6.61 Å². The van der Waals surface area contributed by atoms with Gasteiger partial charge < -0.3 is 9.47 Å². The van der Waals surface area contributed by atoms with Crippen LogP contribution in [0.4, 0.5) is 4.79 Å². The van der Waals surface area contributed by atoms with E-state index in [2.05, 4.69) is 25.1 Å². The molecule has 1 atom stereocenters. The number of aryl methyl sites for hydroxylation is 1. The van der Waals surface area contributed by atoms with Crippen molar-refractivity contribution < 1.29 is 19.1 Å². The van der Waals surface area contributed by atoms with Gasteiger partial charge in [0.05, 0.1) is 18.7 Å². The molecule has 1 aliphatic rings. The lowest BCUT2D eigenvalue weighted by atomic mass is 9.95. The third kappa shape index (κ3) is 4.92. The standard InChI is InChI=1S/C26H25NO4S/c1-18-8-13-24(32-18)22-14-15-27(26(29)31-17-19-6-4-3-5-7-19)23(16-22)20-9-11-21(12-10-20)25(28)30-2/h3-13,16,23H,14-15,17H2,1-2H3. The molecule has 0 bridgehead atoms. The summed E-state index contributed by atoms with van der Waals surface area (Å²) in [4.78, 5) is 29.1. The summed E-state index contributed by atoms with van der Waals surface area (Å²) in [7, 11) is 1.36. The Kier molecular flexibility index (Phi) is 6.71. The second-order valence-corrected chi connectivity index (χ2v) is 8.93. The molecule has 2 aromatic carbocycles. The molecule has 32 heavy (non-hydrogen) atoms. The maximum absolute atomic E-state index is 13.0. The molecule has 1 aliphatic heterocycles. The van der Waals surface area contributed by atoms with E-state index >= 15 is 0 Å². The van der Waals surface area contributed by atoms with E-state index in [1.807, 2.05) is 42.5 Å². The Morgan fingerprint density at radius 2 is 1.78 bits per heavy atom. The molecule has 1 unspecified atom stereocenters. The van der Waals surface area contributed by atoms with Crippen LogP contribution in [0.15, 0.2) is 72.8 Å². The molecule has 2 heterocycles. The molecule has 0 fully saturated rings. The van der Waals surface area contributed by atoms with E-state index in [4.69, 9.17) is 9.47 Å². The van der Waals surface area contributed by atoms with Gasteiger partial charge in [0.25, 0.3) is 0 Å². The number of hydrogen-bond acceptors (Lipinski definition) is 5. The molecule has 0 saturated carbocycles. The van der Waals surface area contributed by atoms with Gasteiger partial charge in [0, 0.05) is 16.3 Å². The third-order valence-electron chi connectivity index (χ3n) is 5.49. The van der Waals surface area contributed by atoms with Crippen LogP contribution >= 0.6 is 11.3 Å². The minimum Gasteiger partial charge on any atom is -0.465 e. The number of carbonyl (C=O) groups excluding carboxylic acids is 2. The van der Waals surface area contributed by atoms with Crippen LogP contribution in [-0.2, 0) is 16.1 Å². The number of thiophene rings is 1. The smallest absolute Gasteiger partial charge is 0.410 e. The van der Waals surface area contributed by atoms with Crippen LogP contribution in [-0.4, -0.2) is 30.6 Å². The summed E-state index contributed by atoms with van der Waals surface area (Å²) in [5.74, 6) is -0.385. The van der Waals surface area contributed by atoms with Crippen molar-refractivity contribution in [2.45, 2.75) is 26.0 Å². The highest BCUT2D eigenvalue weighted by Gasteiger charge is 2.29. The Labute approximate surface area is 191 Å². The summed E-state index contributed by atoms with van der Waals surface area (Å²) in [5, 5.41) is 0. The molecule has 0 N–H and O–H groups in total. The Bertz CT molecular complexity index is 1120. The van der Waals surface area contributed by atoms with Gasteiger partial charge in [-0.15, -0.1) is 11.3 Å². The number of esters is 1. The van der Waals surface area contributed by atoms with Crippen molar-refractivity contribution in [3.63, 3.8) is 0 Å². The quantitative estimate of drug-likeness (QED) is 0.450. The maximum Gasteiger partial charge on any atom is 0.410 e. The van der Waals surface area contributed by atoms with Crippen LogP contribution in [0.5, 0.6) is 0 Å². The SMILES string of the molecule is COC(=O)c1ccc(C2C=C(c3ccc(C)s3)CCN2C(=O)OCc2ccccc2)cc1. The number of methoxy groups -OCH3 is 1. The molecular weight excluding hydrogens is 422 g/mol. The highest BCUT2D eigenvalue weighted by molar-refractivity contribution is 7.13. The average Bonchev–Trinajstić information content (AvgIpc) is 3.28. The average molecular weight is 448 g/mol. The second-order valence-electron chi connectivity index (χ2n) is 7.64. The first-order valence-electron chi connectivity index (χ1n) is 10.5. The largest absolute Gasteiger partial charge is 0.465 e. The van der Waals surface area contributed by atoms with Crippen LogP contribution in [0, 0.1) is 6.92 Å². The van der Waals surface area contributed by atoms with Crippen molar-refractivity contribution in [2.75, 3.05) is 13.7 Å². The van der Waals surface area contributed by atoms with Gasteiger partial charge >= 0.3 is 12.1 Å². The molecule has 0 saturated heterocycles. The fraction of sp³-hybridized carbons (Fsp3) is 0.231. The summed E-state index contributed by atoms with van der Waals surface area (Å²) in [6, 6.07) is 20.8. The Morgan fingerprint density at radius 3 is 2.44 bits per heavy atom. The van der Waals surface area contributed by atoms with E-state index in [1.54, 1.807) is 28.4 Å². The van der Waals surface area contributed by atoms with Gasteiger partial charge in [-0.25, -0.2) is 9.59 Å². The first kappa shape index (κ1) is 21.8. The van der Waals surface area contributed by atoms with E-state index in [1.165, 1.54) is 22.4 Å². The number of carbonyl (C=O) groups is 2. The monoisotopic (exact) mass is 447 g/mol. The summed E-state index contributed by atoms with van der Waals surface area (Å²) in [6.07, 6.45) is 2.54. The molecule has 1 amide bonds. The van der Waals surface area contributed by atoms with Crippen LogP contribution in [0.2, 0.25) is 0 Å². The van der Waals surface area contributed by atoms with E-state index in [0.29, 0.717) is 12.1 Å². The van der Waals surface area contributed by atoms with Gasteiger partial charge in [-0.1, -0.05) is 48.5 Å². The first-order chi connectivity index (χ1) is 15.5. The van der Waals surface area contributed by atoms with Crippen molar-refractivity contribution in [1.29, 1.82) is 0 Å². The predicted octanol–water partition coefficient (Wildman–Crippen LogP) is 6.01. The lowest BCUT2D eigenvalue weighted by molar-refractivity contribution is 0.0600. The Hall–Kier alpha value is -3.38. The van der Waals surface area contributed by atoms with Crippen molar-refractivity contribution in [3.8, 4) is 0 Å². The summed E-state index contributed by atoms with van der Waals surface area (Å²) in [6.45, 7) is 2.87. The molecule has 0 aliphatic carbocycles. The molecule has 4 rings (SSSR count). The molecule has 3 aromatic rings. The number of rotatable bonds is 5. The van der Waals surface area contributed by atoms with Crippen LogP contribution < -0.4 is 0 Å². The van der Waals surface area contributed by atoms with Crippen molar-refractivity contribution >= 4 is 29.0 Å². The van der Waals surface area contributed by atoms with Crippen molar-refractivity contribution in [3.05, 3.63) is 99.3 Å². The van der Waals surface area contributed by atoms with E-state index in [-0.39, 0.29) is 24.7 Å². The highest BCUT2D eigenvalue weighted by atomic mass is 32.1. The normalized spacial score (nSPS) is 15.8. The lowest BCUT2D eigenvalue weighted by Crippen LogP contribution is -2.37. The zero-order chi connectivity index (χ0) is 22.5. The van der Waals surface area contributed by atoms with Crippen molar-refractivity contribution in [1.82, 2.24) is 4.90 Å². The van der Waals surface area contributed by atoms with E-state index < -0.39 is 0 Å². The van der Waals surface area contributed by atoms with Crippen molar-refractivity contribution in [2.24, 2.45) is 0 Å². The van der Waals surface area contributed by atoms with E-state index in [0.717, 1.165) is 17.5 Å². The summed E-state index contributed by atoms with van der Waals surface area (Å²) >= 11 is 1.75. The highest BCUT2D eigenvalue weighted by Crippen LogP contribution is 2.36. The minimum atomic E-state index is -0.385. The summed E-state index contributed by atoms with van der Waals surface area (Å²) in [5.41, 5.74) is 3.56. The minimum absolute atomic E-state index is 0.227. The van der Waals surface area contributed by atoms with Gasteiger partial charge in [-0.2, -0.15) is 0 Å². The number of amides is 1. The van der Waals surface area contributed by atoms with Gasteiger partial charge in [-0.05, 0) is 54.3 Å². The van der Waals surface area contributed by atoms with Gasteiger partial charge in [0.2, 0.25) is 0 Å². The molecule has 0 radical (unpaired) electrons. The fourth-order valence-corrected chi connectivity index (χ4v) is 4.69. The number of hydrogen-bond donors (Lipinski definition) is 0. The molecular formula is C26H25NO4S. The summed E-state index contributed by atoms with van der Waals surface area (Å²) < 4.78 is 10.4. The fourth-order valence-electron chi connectivity index (χ4n) is 3.77. The molecule has 0 spiro atoms. The molecule has 5 nitrogen and oxygen atoms in total. The number of benzene rings is 2. The molecule has 1 aromatic heterocycles. The Morgan fingerprint density at radius 1 is 1.03 bits per heavy atom. The zero-order valence-electron chi connectivity index (χ0n) is 18.1. The van der Waals surface area contributed by atoms with Crippen LogP contribution in [0.1, 0.15) is 43.7 Å². The zero-order valence-corrected chi connectivity index (χ0v) is 18.9.